The predicted octanol–water partition coefficient (Wildman–Crippen LogP) is 5.49. The van der Waals surface area contributed by atoms with Crippen molar-refractivity contribution in [2.75, 3.05) is 0 Å². The van der Waals surface area contributed by atoms with Crippen molar-refractivity contribution < 1.29 is 9.53 Å². The van der Waals surface area contributed by atoms with Gasteiger partial charge in [-0.15, -0.1) is 0 Å². The van der Waals surface area contributed by atoms with Gasteiger partial charge in [-0.1, -0.05) is 53.7 Å². The highest BCUT2D eigenvalue weighted by Gasteiger charge is 2.19. The van der Waals surface area contributed by atoms with E-state index in [1.807, 2.05) is 19.1 Å². The molecule has 1 aromatic carbocycles. The fraction of sp³-hybridized carbons (Fsp3) is 0.632. The Morgan fingerprint density at radius 2 is 1.81 bits per heavy atom. The summed E-state index contributed by atoms with van der Waals surface area (Å²) >= 11 is 0. The van der Waals surface area contributed by atoms with Crippen molar-refractivity contribution in [3.05, 3.63) is 29.3 Å². The van der Waals surface area contributed by atoms with E-state index in [2.05, 4.69) is 47.6 Å². The first-order valence-corrected chi connectivity index (χ1v) is 7.89. The fourth-order valence-corrected chi connectivity index (χ4v) is 2.65. The molecule has 0 aromatic heterocycles. The number of carbonyl (C=O) groups excluding carboxylic acids is 1. The highest BCUT2D eigenvalue weighted by Crippen LogP contribution is 2.28. The Morgan fingerprint density at radius 3 is 2.33 bits per heavy atom. The lowest BCUT2D eigenvalue weighted by atomic mass is 9.84. The van der Waals surface area contributed by atoms with Crippen LogP contribution >= 0.6 is 0 Å². The molecule has 1 atom stereocenters. The number of aryl methyl sites for hydroxylation is 1. The van der Waals surface area contributed by atoms with E-state index in [0.29, 0.717) is 24.0 Å². The molecule has 1 aromatic rings. The predicted molar refractivity (Wildman–Crippen MR) is 88.8 cm³/mol. The van der Waals surface area contributed by atoms with Gasteiger partial charge >= 0.3 is 5.97 Å². The van der Waals surface area contributed by atoms with Crippen molar-refractivity contribution in [2.45, 2.75) is 67.2 Å². The minimum Gasteiger partial charge on any atom is -0.426 e. The molecule has 2 nitrogen and oxygen atoms in total. The van der Waals surface area contributed by atoms with E-state index < -0.39 is 0 Å². The van der Waals surface area contributed by atoms with Gasteiger partial charge in [-0.05, 0) is 47.8 Å². The van der Waals surface area contributed by atoms with Crippen LogP contribution in [0.1, 0.15) is 71.4 Å². The monoisotopic (exact) mass is 290 g/mol. The molecule has 0 spiro atoms. The van der Waals surface area contributed by atoms with Gasteiger partial charge in [0.2, 0.25) is 0 Å². The molecule has 0 saturated heterocycles. The van der Waals surface area contributed by atoms with Gasteiger partial charge in [0, 0.05) is 6.42 Å². The van der Waals surface area contributed by atoms with Crippen molar-refractivity contribution >= 4 is 5.97 Å². The zero-order chi connectivity index (χ0) is 16.2. The van der Waals surface area contributed by atoms with Crippen LogP contribution in [-0.4, -0.2) is 5.97 Å². The maximum atomic E-state index is 12.1. The van der Waals surface area contributed by atoms with Crippen LogP contribution in [-0.2, 0) is 4.79 Å². The zero-order valence-electron chi connectivity index (χ0n) is 14.6. The average molecular weight is 290 g/mol. The van der Waals surface area contributed by atoms with Crippen LogP contribution in [0.3, 0.4) is 0 Å². The van der Waals surface area contributed by atoms with Crippen molar-refractivity contribution in [1.82, 2.24) is 0 Å². The highest BCUT2D eigenvalue weighted by molar-refractivity contribution is 5.73. The molecule has 0 aliphatic rings. The summed E-state index contributed by atoms with van der Waals surface area (Å²) in [5, 5.41) is 0. The Morgan fingerprint density at radius 1 is 1.19 bits per heavy atom. The first-order chi connectivity index (χ1) is 9.58. The quantitative estimate of drug-likeness (QED) is 0.529. The van der Waals surface area contributed by atoms with Crippen molar-refractivity contribution in [1.29, 1.82) is 0 Å². The summed E-state index contributed by atoms with van der Waals surface area (Å²) in [5.41, 5.74) is 2.45. The van der Waals surface area contributed by atoms with E-state index in [1.54, 1.807) is 0 Å². The van der Waals surface area contributed by atoms with Gasteiger partial charge in [-0.25, -0.2) is 0 Å². The summed E-state index contributed by atoms with van der Waals surface area (Å²) in [7, 11) is 0. The second-order valence-electron chi connectivity index (χ2n) is 7.73. The van der Waals surface area contributed by atoms with Crippen LogP contribution < -0.4 is 4.74 Å². The Bertz CT molecular complexity index is 481. The van der Waals surface area contributed by atoms with Crippen molar-refractivity contribution in [2.24, 2.45) is 11.3 Å². The lowest BCUT2D eigenvalue weighted by molar-refractivity contribution is -0.135. The number of hydrogen-bond acceptors (Lipinski definition) is 2. The fourth-order valence-electron chi connectivity index (χ4n) is 2.65. The summed E-state index contributed by atoms with van der Waals surface area (Å²) in [5.74, 6) is 1.35. The van der Waals surface area contributed by atoms with Gasteiger partial charge in [0.15, 0.2) is 0 Å². The molecule has 0 saturated carbocycles. The molecule has 1 rings (SSSR count). The number of carbonyl (C=O) groups is 1. The number of hydrogen-bond donors (Lipinski definition) is 0. The summed E-state index contributed by atoms with van der Waals surface area (Å²) in [6, 6.07) is 6.11. The molecule has 0 aliphatic heterocycles. The lowest BCUT2D eigenvalue weighted by Crippen LogP contribution is -2.17. The van der Waals surface area contributed by atoms with Crippen molar-refractivity contribution in [3.8, 4) is 5.75 Å². The third-order valence-corrected chi connectivity index (χ3v) is 3.58. The second-order valence-corrected chi connectivity index (χ2v) is 7.73. The number of rotatable bonds is 5. The summed E-state index contributed by atoms with van der Waals surface area (Å²) < 4.78 is 5.58. The molecule has 118 valence electrons. The summed E-state index contributed by atoms with van der Waals surface area (Å²) in [6.45, 7) is 15.0. The standard InChI is InChI=1S/C19H30O2/c1-13(2)16-9-8-15(4)17(11-16)21-18(20)10-14(3)12-19(5,6)7/h8-9,11,13-14H,10,12H2,1-7H3. The molecule has 0 aliphatic carbocycles. The SMILES string of the molecule is Cc1ccc(C(C)C)cc1OC(=O)CC(C)CC(C)(C)C. The average Bonchev–Trinajstić information content (AvgIpc) is 2.28. The van der Waals surface area contributed by atoms with Gasteiger partial charge in [0.1, 0.15) is 5.75 Å². The van der Waals surface area contributed by atoms with E-state index in [0.717, 1.165) is 12.0 Å². The maximum Gasteiger partial charge on any atom is 0.311 e. The molecule has 0 radical (unpaired) electrons. The summed E-state index contributed by atoms with van der Waals surface area (Å²) in [4.78, 5) is 12.1. The van der Waals surface area contributed by atoms with E-state index >= 15 is 0 Å². The van der Waals surface area contributed by atoms with Gasteiger partial charge in [-0.2, -0.15) is 0 Å². The molecule has 0 bridgehead atoms. The zero-order valence-corrected chi connectivity index (χ0v) is 14.6. The highest BCUT2D eigenvalue weighted by atomic mass is 16.5. The lowest BCUT2D eigenvalue weighted by Gasteiger charge is -2.22. The number of benzene rings is 1. The molecule has 21 heavy (non-hydrogen) atoms. The first-order valence-electron chi connectivity index (χ1n) is 7.89. The Labute approximate surface area is 129 Å². The van der Waals surface area contributed by atoms with Crippen LogP contribution in [0.4, 0.5) is 0 Å². The van der Waals surface area contributed by atoms with Crippen LogP contribution in [0, 0.1) is 18.3 Å². The van der Waals surface area contributed by atoms with Gasteiger partial charge in [-0.3, -0.25) is 4.79 Å². The number of esters is 1. The maximum absolute atomic E-state index is 12.1. The molecule has 0 amide bonds. The van der Waals surface area contributed by atoms with Crippen LogP contribution in [0.5, 0.6) is 5.75 Å². The molecule has 1 unspecified atom stereocenters. The minimum atomic E-state index is -0.129. The van der Waals surface area contributed by atoms with Crippen LogP contribution in [0.25, 0.3) is 0 Å². The smallest absolute Gasteiger partial charge is 0.311 e. The molecule has 0 fully saturated rings. The number of ether oxygens (including phenoxy) is 1. The second kappa shape index (κ2) is 7.11. The Hall–Kier alpha value is -1.31. The van der Waals surface area contributed by atoms with Gasteiger partial charge in [0.05, 0.1) is 0 Å². The topological polar surface area (TPSA) is 26.3 Å². The third-order valence-electron chi connectivity index (χ3n) is 3.58. The molecule has 2 heteroatoms. The van der Waals surface area contributed by atoms with Gasteiger partial charge in [0.25, 0.3) is 0 Å². The molecule has 0 N–H and O–H groups in total. The third kappa shape index (κ3) is 6.33. The normalized spacial score (nSPS) is 13.3. The largest absolute Gasteiger partial charge is 0.426 e. The molecular weight excluding hydrogens is 260 g/mol. The summed E-state index contributed by atoms with van der Waals surface area (Å²) in [6.07, 6.45) is 1.50. The molecular formula is C19H30O2. The molecule has 0 heterocycles. The van der Waals surface area contributed by atoms with E-state index in [9.17, 15) is 4.79 Å². The minimum absolute atomic E-state index is 0.129. The Kier molecular flexibility index (Phi) is 6.00. The van der Waals surface area contributed by atoms with Crippen LogP contribution in [0.15, 0.2) is 18.2 Å². The van der Waals surface area contributed by atoms with E-state index in [-0.39, 0.29) is 11.4 Å². The van der Waals surface area contributed by atoms with E-state index in [1.165, 1.54) is 5.56 Å². The van der Waals surface area contributed by atoms with Gasteiger partial charge < -0.3 is 4.74 Å². The first kappa shape index (κ1) is 17.7. The van der Waals surface area contributed by atoms with Crippen LogP contribution in [0.2, 0.25) is 0 Å². The Balaban J connectivity index is 2.68. The van der Waals surface area contributed by atoms with Crippen molar-refractivity contribution in [3.63, 3.8) is 0 Å². The van der Waals surface area contributed by atoms with E-state index in [4.69, 9.17) is 4.74 Å².